The van der Waals surface area contributed by atoms with Gasteiger partial charge in [0.25, 0.3) is 0 Å². The first-order chi connectivity index (χ1) is 12.2. The lowest BCUT2D eigenvalue weighted by molar-refractivity contribution is -0.148. The summed E-state index contributed by atoms with van der Waals surface area (Å²) in [7, 11) is 0. The topological polar surface area (TPSA) is 70.4 Å². The van der Waals surface area contributed by atoms with Crippen LogP contribution >= 0.6 is 0 Å². The highest BCUT2D eigenvalue weighted by atomic mass is 16.6. The average molecular weight is 332 g/mol. The second-order valence-corrected chi connectivity index (χ2v) is 5.66. The van der Waals surface area contributed by atoms with Gasteiger partial charge in [0, 0.05) is 6.08 Å². The number of nitrogens with zero attached hydrogens (tertiary/aromatic N) is 2. The van der Waals surface area contributed by atoms with Crippen LogP contribution in [0.5, 0.6) is 5.75 Å². The van der Waals surface area contributed by atoms with Crippen molar-refractivity contribution in [2.24, 2.45) is 5.92 Å². The summed E-state index contributed by atoms with van der Waals surface area (Å²) in [6.07, 6.45) is 2.64. The quantitative estimate of drug-likeness (QED) is 0.636. The smallest absolute Gasteiger partial charge is 0.410 e. The molecule has 1 aliphatic heterocycles. The summed E-state index contributed by atoms with van der Waals surface area (Å²) in [5.74, 6) is -0.303. The number of hydrogen-bond acceptors (Lipinski definition) is 4. The summed E-state index contributed by atoms with van der Waals surface area (Å²) < 4.78 is 5.25. The zero-order valence-corrected chi connectivity index (χ0v) is 13.4. The molecule has 3 rings (SSSR count). The largest absolute Gasteiger partial charge is 0.422 e. The molecule has 5 heteroatoms. The molecule has 0 spiro atoms. The van der Waals surface area contributed by atoms with Crippen LogP contribution in [0, 0.1) is 17.2 Å². The summed E-state index contributed by atoms with van der Waals surface area (Å²) in [6.45, 7) is 0. The molecule has 124 valence electrons. The third kappa shape index (κ3) is 3.59. The number of β-lactam (4-membered cyclic amide) rings is 1. The van der Waals surface area contributed by atoms with Crippen molar-refractivity contribution in [2.75, 3.05) is 0 Å². The van der Waals surface area contributed by atoms with Gasteiger partial charge < -0.3 is 4.74 Å². The number of carbonyl (C=O) groups excluding carboxylic acids is 2. The molecular formula is C20H16N2O3. The van der Waals surface area contributed by atoms with Crippen molar-refractivity contribution in [2.45, 2.75) is 12.5 Å². The third-order valence-electron chi connectivity index (χ3n) is 4.08. The van der Waals surface area contributed by atoms with Crippen molar-refractivity contribution < 1.29 is 14.3 Å². The van der Waals surface area contributed by atoms with Gasteiger partial charge in [0.05, 0.1) is 18.0 Å². The van der Waals surface area contributed by atoms with Gasteiger partial charge in [0.2, 0.25) is 5.91 Å². The average Bonchev–Trinajstić information content (AvgIpc) is 2.64. The fourth-order valence-corrected chi connectivity index (χ4v) is 2.86. The lowest BCUT2D eigenvalue weighted by atomic mass is 9.82. The van der Waals surface area contributed by atoms with Gasteiger partial charge in [-0.3, -0.25) is 4.79 Å². The molecule has 2 aromatic carbocycles. The van der Waals surface area contributed by atoms with Crippen LogP contribution < -0.4 is 4.74 Å². The molecule has 1 saturated heterocycles. The first-order valence-corrected chi connectivity index (χ1v) is 7.91. The van der Waals surface area contributed by atoms with Crippen LogP contribution in [0.1, 0.15) is 5.56 Å². The van der Waals surface area contributed by atoms with E-state index in [0.717, 1.165) is 10.5 Å². The van der Waals surface area contributed by atoms with E-state index in [4.69, 9.17) is 10.00 Å². The van der Waals surface area contributed by atoms with E-state index < -0.39 is 12.1 Å². The molecule has 0 N–H and O–H groups in total. The fraction of sp³-hybridized carbons (Fsp3) is 0.150. The Bertz CT molecular complexity index is 825. The summed E-state index contributed by atoms with van der Waals surface area (Å²) in [5, 5.41) is 8.78. The molecule has 0 unspecified atom stereocenters. The molecule has 2 atom stereocenters. The number of rotatable bonds is 4. The van der Waals surface area contributed by atoms with Crippen molar-refractivity contribution in [1.82, 2.24) is 4.90 Å². The fourth-order valence-electron chi connectivity index (χ4n) is 2.86. The predicted molar refractivity (Wildman–Crippen MR) is 91.5 cm³/mol. The van der Waals surface area contributed by atoms with E-state index in [1.54, 1.807) is 36.4 Å². The van der Waals surface area contributed by atoms with E-state index in [9.17, 15) is 9.59 Å². The van der Waals surface area contributed by atoms with Crippen molar-refractivity contribution in [1.29, 1.82) is 5.26 Å². The minimum Gasteiger partial charge on any atom is -0.410 e. The molecule has 0 aliphatic carbocycles. The van der Waals surface area contributed by atoms with Crippen LogP contribution in [0.4, 0.5) is 4.79 Å². The second-order valence-electron chi connectivity index (χ2n) is 5.66. The van der Waals surface area contributed by atoms with Gasteiger partial charge in [-0.2, -0.15) is 5.26 Å². The third-order valence-corrected chi connectivity index (χ3v) is 4.08. The number of ether oxygens (including phenoxy) is 1. The van der Waals surface area contributed by atoms with Gasteiger partial charge >= 0.3 is 6.09 Å². The molecule has 1 fully saturated rings. The van der Waals surface area contributed by atoms with Gasteiger partial charge in [0.15, 0.2) is 0 Å². The maximum absolute atomic E-state index is 12.5. The van der Waals surface area contributed by atoms with Crippen LogP contribution in [0.25, 0.3) is 0 Å². The normalized spacial score (nSPS) is 19.3. The van der Waals surface area contributed by atoms with Crippen molar-refractivity contribution >= 4 is 12.0 Å². The zero-order chi connectivity index (χ0) is 17.6. The molecule has 25 heavy (non-hydrogen) atoms. The number of hydrogen-bond donors (Lipinski definition) is 0. The van der Waals surface area contributed by atoms with E-state index in [1.165, 1.54) is 6.08 Å². The molecule has 5 nitrogen and oxygen atoms in total. The lowest BCUT2D eigenvalue weighted by Crippen LogP contribution is -2.63. The van der Waals surface area contributed by atoms with Gasteiger partial charge in [-0.25, -0.2) is 9.69 Å². The van der Waals surface area contributed by atoms with Gasteiger partial charge in [-0.1, -0.05) is 54.6 Å². The number of imide groups is 1. The van der Waals surface area contributed by atoms with Crippen molar-refractivity contribution in [3.05, 3.63) is 78.4 Å². The molecule has 0 aromatic heterocycles. The SMILES string of the molecule is N#CC=C[C@H]1[C@@H](Cc2ccccc2)C(=O)N1C(=O)Oc1ccccc1. The van der Waals surface area contributed by atoms with Crippen LogP contribution in [0.2, 0.25) is 0 Å². The molecule has 1 heterocycles. The Hall–Kier alpha value is -3.39. The highest BCUT2D eigenvalue weighted by Crippen LogP contribution is 2.32. The van der Waals surface area contributed by atoms with E-state index in [-0.39, 0.29) is 11.8 Å². The molecule has 0 bridgehead atoms. The molecule has 2 amide bonds. The summed E-state index contributed by atoms with van der Waals surface area (Å²) in [4.78, 5) is 25.9. The number of para-hydroxylation sites is 1. The van der Waals surface area contributed by atoms with Crippen molar-refractivity contribution in [3.63, 3.8) is 0 Å². The summed E-state index contributed by atoms with van der Waals surface area (Å²) in [6, 6.07) is 19.6. The van der Waals surface area contributed by atoms with Crippen LogP contribution in [0.3, 0.4) is 0 Å². The number of nitriles is 1. The van der Waals surface area contributed by atoms with Crippen LogP contribution in [-0.4, -0.2) is 22.9 Å². The Balaban J connectivity index is 1.75. The lowest BCUT2D eigenvalue weighted by Gasteiger charge is -2.43. The first kappa shape index (κ1) is 16.5. The molecule has 1 aliphatic rings. The predicted octanol–water partition coefficient (Wildman–Crippen LogP) is 3.33. The molecular weight excluding hydrogens is 316 g/mol. The number of allylic oxidation sites excluding steroid dienone is 1. The molecule has 2 aromatic rings. The minimum absolute atomic E-state index is 0.294. The summed E-state index contributed by atoms with van der Waals surface area (Å²) >= 11 is 0. The zero-order valence-electron chi connectivity index (χ0n) is 13.4. The first-order valence-electron chi connectivity index (χ1n) is 7.91. The van der Waals surface area contributed by atoms with Crippen LogP contribution in [0.15, 0.2) is 72.8 Å². The van der Waals surface area contributed by atoms with E-state index in [2.05, 4.69) is 0 Å². The number of amides is 2. The van der Waals surface area contributed by atoms with E-state index in [1.807, 2.05) is 36.4 Å². The number of likely N-dealkylation sites (tertiary alicyclic amines) is 1. The van der Waals surface area contributed by atoms with Gasteiger partial charge in [-0.15, -0.1) is 0 Å². The maximum atomic E-state index is 12.5. The molecule has 0 saturated carbocycles. The number of benzene rings is 2. The van der Waals surface area contributed by atoms with E-state index >= 15 is 0 Å². The Labute approximate surface area is 145 Å². The Morgan fingerprint density at radius 1 is 1.12 bits per heavy atom. The Kier molecular flexibility index (Phi) is 4.91. The maximum Gasteiger partial charge on any atom is 0.422 e. The Morgan fingerprint density at radius 2 is 1.76 bits per heavy atom. The van der Waals surface area contributed by atoms with Gasteiger partial charge in [0.1, 0.15) is 5.75 Å². The molecule has 0 radical (unpaired) electrons. The summed E-state index contributed by atoms with van der Waals surface area (Å²) in [5.41, 5.74) is 1.01. The second kappa shape index (κ2) is 7.45. The van der Waals surface area contributed by atoms with Gasteiger partial charge in [-0.05, 0) is 24.1 Å². The highest BCUT2D eigenvalue weighted by Gasteiger charge is 2.50. The van der Waals surface area contributed by atoms with Crippen LogP contribution in [-0.2, 0) is 11.2 Å². The standard InChI is InChI=1S/C20H16N2O3/c21-13-7-12-18-17(14-15-8-3-1-4-9-15)19(23)22(18)20(24)25-16-10-5-2-6-11-16/h1-12,17-18H,14H2/t17-,18+/m1/s1. The number of carbonyl (C=O) groups is 2. The highest BCUT2D eigenvalue weighted by molar-refractivity contribution is 6.00. The Morgan fingerprint density at radius 3 is 2.40 bits per heavy atom. The monoisotopic (exact) mass is 332 g/mol. The minimum atomic E-state index is -0.729. The van der Waals surface area contributed by atoms with Crippen molar-refractivity contribution in [3.8, 4) is 11.8 Å². The van der Waals surface area contributed by atoms with E-state index in [0.29, 0.717) is 12.2 Å².